The van der Waals surface area contributed by atoms with E-state index < -0.39 is 22.8 Å². The van der Waals surface area contributed by atoms with Crippen molar-refractivity contribution in [2.75, 3.05) is 17.7 Å². The van der Waals surface area contributed by atoms with Crippen molar-refractivity contribution in [1.29, 1.82) is 0 Å². The number of hydrogen-bond acceptors (Lipinski definition) is 3. The van der Waals surface area contributed by atoms with Crippen LogP contribution in [0.25, 0.3) is 16.7 Å². The molecule has 1 aromatic heterocycles. The predicted molar refractivity (Wildman–Crippen MR) is 124 cm³/mol. The van der Waals surface area contributed by atoms with E-state index in [4.69, 9.17) is 11.6 Å². The van der Waals surface area contributed by atoms with Crippen molar-refractivity contribution in [2.24, 2.45) is 0 Å². The van der Waals surface area contributed by atoms with E-state index in [9.17, 15) is 22.8 Å². The van der Waals surface area contributed by atoms with Gasteiger partial charge in [0, 0.05) is 29.7 Å². The summed E-state index contributed by atoms with van der Waals surface area (Å²) >= 11 is 5.60. The monoisotopic (exact) mass is 487 g/mol. The largest absolute Gasteiger partial charge is 0.417 e. The molecule has 1 heterocycles. The number of anilines is 2. The molecule has 3 N–H and O–H groups in total. The molecule has 0 radical (unpaired) electrons. The molecule has 0 aliphatic rings. The van der Waals surface area contributed by atoms with E-state index >= 15 is 0 Å². The third-order valence-electron chi connectivity index (χ3n) is 4.97. The van der Waals surface area contributed by atoms with Crippen LogP contribution in [0.2, 0.25) is 5.02 Å². The molecular weight excluding hydrogens is 471 g/mol. The molecule has 0 atom stereocenters. The van der Waals surface area contributed by atoms with Gasteiger partial charge < -0.3 is 16.0 Å². The fraction of sp³-hybridized carbons (Fsp3) is 0.0870. The van der Waals surface area contributed by atoms with Crippen molar-refractivity contribution in [3.8, 4) is 5.69 Å². The van der Waals surface area contributed by atoms with Gasteiger partial charge in [-0.15, -0.1) is 0 Å². The molecule has 7 nitrogen and oxygen atoms in total. The lowest BCUT2D eigenvalue weighted by atomic mass is 10.2. The second-order valence-electron chi connectivity index (χ2n) is 7.22. The summed E-state index contributed by atoms with van der Waals surface area (Å²) in [7, 11) is 1.55. The van der Waals surface area contributed by atoms with Gasteiger partial charge in [-0.25, -0.2) is 9.78 Å². The number of fused-ring (bicyclic) bond motifs is 1. The maximum Gasteiger partial charge on any atom is 0.417 e. The first kappa shape index (κ1) is 23.1. The smallest absolute Gasteiger partial charge is 0.355 e. The summed E-state index contributed by atoms with van der Waals surface area (Å²) in [5.41, 5.74) is 2.02. The first-order valence-corrected chi connectivity index (χ1v) is 10.3. The van der Waals surface area contributed by atoms with Crippen molar-refractivity contribution in [2.45, 2.75) is 6.18 Å². The van der Waals surface area contributed by atoms with Gasteiger partial charge in [-0.3, -0.25) is 9.36 Å². The number of carbonyl (C=O) groups is 2. The minimum Gasteiger partial charge on any atom is -0.355 e. The molecule has 0 saturated carbocycles. The van der Waals surface area contributed by atoms with E-state index in [1.165, 1.54) is 6.07 Å². The summed E-state index contributed by atoms with van der Waals surface area (Å²) in [6.45, 7) is 0. The number of benzene rings is 3. The number of aromatic nitrogens is 2. The lowest BCUT2D eigenvalue weighted by Gasteiger charge is -2.12. The molecule has 0 aliphatic carbocycles. The van der Waals surface area contributed by atoms with Gasteiger partial charge in [0.25, 0.3) is 5.91 Å². The Morgan fingerprint density at radius 2 is 1.62 bits per heavy atom. The summed E-state index contributed by atoms with van der Waals surface area (Å²) in [6.07, 6.45) is -3.02. The highest BCUT2D eigenvalue weighted by molar-refractivity contribution is 6.31. The molecule has 0 saturated heterocycles. The first-order valence-electron chi connectivity index (χ1n) is 9.90. The fourth-order valence-electron chi connectivity index (χ4n) is 3.32. The summed E-state index contributed by atoms with van der Waals surface area (Å²) in [5, 5.41) is 7.04. The number of amides is 3. The van der Waals surface area contributed by atoms with E-state index in [0.29, 0.717) is 16.8 Å². The summed E-state index contributed by atoms with van der Waals surface area (Å²) in [5.74, 6) is -0.210. The van der Waals surface area contributed by atoms with Gasteiger partial charge in [0.2, 0.25) is 0 Å². The van der Waals surface area contributed by atoms with Gasteiger partial charge in [-0.1, -0.05) is 11.6 Å². The van der Waals surface area contributed by atoms with Gasteiger partial charge in [-0.2, -0.15) is 13.2 Å². The average molecular weight is 488 g/mol. The normalized spacial score (nSPS) is 11.3. The SMILES string of the molecule is CNC(=O)c1ccc2c(c1)ncn2-c1ccc(NC(=O)Nc2ccc(Cl)c(C(F)(F)F)c2)cc1. The Morgan fingerprint density at radius 1 is 0.941 bits per heavy atom. The molecule has 4 rings (SSSR count). The second-order valence-corrected chi connectivity index (χ2v) is 7.62. The molecular formula is C23H17ClF3N5O2. The summed E-state index contributed by atoms with van der Waals surface area (Å²) in [6, 6.07) is 14.3. The molecule has 3 amide bonds. The Hall–Kier alpha value is -4.05. The van der Waals surface area contributed by atoms with E-state index in [1.54, 1.807) is 55.8 Å². The number of carbonyl (C=O) groups excluding carboxylic acids is 2. The number of rotatable bonds is 4. The zero-order chi connectivity index (χ0) is 24.5. The van der Waals surface area contributed by atoms with Crippen LogP contribution >= 0.6 is 11.6 Å². The predicted octanol–water partition coefficient (Wildman–Crippen LogP) is 5.70. The molecule has 0 aliphatic heterocycles. The number of halogens is 4. The zero-order valence-electron chi connectivity index (χ0n) is 17.6. The van der Waals surface area contributed by atoms with Crippen LogP contribution in [-0.4, -0.2) is 28.5 Å². The zero-order valence-corrected chi connectivity index (χ0v) is 18.3. The Bertz CT molecular complexity index is 1380. The third-order valence-corrected chi connectivity index (χ3v) is 5.30. The van der Waals surface area contributed by atoms with Crippen LogP contribution in [0.1, 0.15) is 15.9 Å². The van der Waals surface area contributed by atoms with E-state index in [0.717, 1.165) is 23.3 Å². The molecule has 4 aromatic rings. The minimum atomic E-state index is -4.64. The molecule has 34 heavy (non-hydrogen) atoms. The number of alkyl halides is 3. The van der Waals surface area contributed by atoms with E-state index in [2.05, 4.69) is 20.9 Å². The standard InChI is InChI=1S/C23H17ClF3N5O2/c1-28-21(33)13-2-9-20-19(10-13)29-12-32(20)16-6-3-14(4-7-16)30-22(34)31-15-5-8-18(24)17(11-15)23(25,26)27/h2-12H,1H3,(H,28,33)(H2,30,31,34). The van der Waals surface area contributed by atoms with Gasteiger partial charge >= 0.3 is 12.2 Å². The van der Waals surface area contributed by atoms with E-state index in [-0.39, 0.29) is 11.6 Å². The summed E-state index contributed by atoms with van der Waals surface area (Å²) < 4.78 is 40.8. The van der Waals surface area contributed by atoms with Crippen LogP contribution in [0.5, 0.6) is 0 Å². The highest BCUT2D eigenvalue weighted by Gasteiger charge is 2.33. The Morgan fingerprint density at radius 3 is 2.29 bits per heavy atom. The maximum atomic E-state index is 13.0. The molecule has 11 heteroatoms. The van der Waals surface area contributed by atoms with Crippen molar-refractivity contribution in [3.05, 3.63) is 83.1 Å². The number of urea groups is 1. The minimum absolute atomic E-state index is 0.0492. The fourth-order valence-corrected chi connectivity index (χ4v) is 3.55. The Kier molecular flexibility index (Phi) is 6.16. The van der Waals surface area contributed by atoms with Crippen LogP contribution in [0.3, 0.4) is 0 Å². The van der Waals surface area contributed by atoms with Crippen LogP contribution in [-0.2, 0) is 6.18 Å². The first-order chi connectivity index (χ1) is 16.2. The van der Waals surface area contributed by atoms with Gasteiger partial charge in [0.15, 0.2) is 0 Å². The van der Waals surface area contributed by atoms with Crippen molar-refractivity contribution in [3.63, 3.8) is 0 Å². The highest BCUT2D eigenvalue weighted by Crippen LogP contribution is 2.36. The number of nitrogens with zero attached hydrogens (tertiary/aromatic N) is 2. The molecule has 3 aromatic carbocycles. The number of nitrogens with one attached hydrogen (secondary N) is 3. The number of hydrogen-bond donors (Lipinski definition) is 3. The van der Waals surface area contributed by atoms with Gasteiger partial charge in [-0.05, 0) is 60.7 Å². The molecule has 0 fully saturated rings. The molecule has 174 valence electrons. The Balaban J connectivity index is 1.47. The maximum absolute atomic E-state index is 13.0. The van der Waals surface area contributed by atoms with Crippen molar-refractivity contribution >= 4 is 45.9 Å². The molecule has 0 unspecified atom stereocenters. The highest BCUT2D eigenvalue weighted by atomic mass is 35.5. The van der Waals surface area contributed by atoms with Gasteiger partial charge in [0.05, 0.1) is 21.6 Å². The third kappa shape index (κ3) is 4.81. The summed E-state index contributed by atoms with van der Waals surface area (Å²) in [4.78, 5) is 28.4. The van der Waals surface area contributed by atoms with Crippen LogP contribution < -0.4 is 16.0 Å². The van der Waals surface area contributed by atoms with E-state index in [1.807, 2.05) is 4.57 Å². The topological polar surface area (TPSA) is 88.1 Å². The average Bonchev–Trinajstić information content (AvgIpc) is 3.23. The lowest BCUT2D eigenvalue weighted by Crippen LogP contribution is -2.20. The lowest BCUT2D eigenvalue weighted by molar-refractivity contribution is -0.137. The van der Waals surface area contributed by atoms with Gasteiger partial charge in [0.1, 0.15) is 6.33 Å². The quantitative estimate of drug-likeness (QED) is 0.345. The van der Waals surface area contributed by atoms with Crippen molar-refractivity contribution < 1.29 is 22.8 Å². The van der Waals surface area contributed by atoms with Crippen LogP contribution in [0.4, 0.5) is 29.3 Å². The number of imidazole rings is 1. The van der Waals surface area contributed by atoms with Crippen LogP contribution in [0.15, 0.2) is 67.0 Å². The van der Waals surface area contributed by atoms with Crippen molar-refractivity contribution in [1.82, 2.24) is 14.9 Å². The molecule has 0 bridgehead atoms. The molecule has 0 spiro atoms. The second kappa shape index (κ2) is 9.06. The Labute approximate surface area is 196 Å². The van der Waals surface area contributed by atoms with Crippen LogP contribution in [0, 0.1) is 0 Å².